The Morgan fingerprint density at radius 3 is 2.50 bits per heavy atom. The van der Waals surface area contributed by atoms with Gasteiger partial charge in [0.05, 0.1) is 5.56 Å². The summed E-state index contributed by atoms with van der Waals surface area (Å²) in [6.45, 7) is 0.0878. The first-order valence-electron chi connectivity index (χ1n) is 7.23. The molecule has 0 atom stereocenters. The lowest BCUT2D eigenvalue weighted by Crippen LogP contribution is -2.23. The van der Waals surface area contributed by atoms with Crippen molar-refractivity contribution in [1.29, 1.82) is 0 Å². The van der Waals surface area contributed by atoms with Crippen LogP contribution in [-0.2, 0) is 6.54 Å². The maximum atomic E-state index is 13.7. The zero-order valence-electron chi connectivity index (χ0n) is 12.5. The minimum Gasteiger partial charge on any atom is -0.348 e. The molecule has 0 saturated carbocycles. The molecule has 1 aromatic heterocycles. The number of hydrogen-bond acceptors (Lipinski definition) is 3. The van der Waals surface area contributed by atoms with Crippen LogP contribution in [0.25, 0.3) is 11.4 Å². The van der Waals surface area contributed by atoms with Crippen LogP contribution < -0.4 is 5.32 Å². The molecule has 4 nitrogen and oxygen atoms in total. The molecule has 0 bridgehead atoms. The van der Waals surface area contributed by atoms with Gasteiger partial charge in [0, 0.05) is 34.5 Å². The van der Waals surface area contributed by atoms with E-state index in [4.69, 9.17) is 0 Å². The van der Waals surface area contributed by atoms with Crippen molar-refractivity contribution >= 4 is 21.8 Å². The first-order chi connectivity index (χ1) is 11.6. The van der Waals surface area contributed by atoms with Crippen LogP contribution in [0.2, 0.25) is 0 Å². The largest absolute Gasteiger partial charge is 0.348 e. The van der Waals surface area contributed by atoms with Crippen molar-refractivity contribution in [3.05, 3.63) is 82.3 Å². The van der Waals surface area contributed by atoms with Gasteiger partial charge in [-0.1, -0.05) is 46.3 Å². The Kier molecular flexibility index (Phi) is 4.96. The quantitative estimate of drug-likeness (QED) is 0.738. The van der Waals surface area contributed by atoms with E-state index in [1.54, 1.807) is 12.1 Å². The molecular formula is C18H13BrFN3O. The molecule has 0 aliphatic carbocycles. The van der Waals surface area contributed by atoms with Gasteiger partial charge >= 0.3 is 0 Å². The van der Waals surface area contributed by atoms with Crippen LogP contribution >= 0.6 is 15.9 Å². The van der Waals surface area contributed by atoms with Crippen LogP contribution in [0, 0.1) is 5.82 Å². The smallest absolute Gasteiger partial charge is 0.254 e. The SMILES string of the molecule is O=C(NCc1cc(Br)ccc1F)c1cnc(-c2ccccc2)nc1. The molecule has 6 heteroatoms. The molecule has 0 spiro atoms. The van der Waals surface area contributed by atoms with E-state index in [1.807, 2.05) is 30.3 Å². The molecule has 0 aliphatic heterocycles. The van der Waals surface area contributed by atoms with Crippen LogP contribution in [-0.4, -0.2) is 15.9 Å². The van der Waals surface area contributed by atoms with E-state index in [0.717, 1.165) is 10.0 Å². The lowest BCUT2D eigenvalue weighted by molar-refractivity contribution is 0.0950. The summed E-state index contributed by atoms with van der Waals surface area (Å²) in [6.07, 6.45) is 2.92. The molecule has 0 aliphatic rings. The van der Waals surface area contributed by atoms with E-state index in [-0.39, 0.29) is 18.3 Å². The Bertz CT molecular complexity index is 854. The van der Waals surface area contributed by atoms with Gasteiger partial charge in [-0.15, -0.1) is 0 Å². The summed E-state index contributed by atoms with van der Waals surface area (Å²) in [5.74, 6) is -0.173. The third-order valence-electron chi connectivity index (χ3n) is 3.39. The first-order valence-corrected chi connectivity index (χ1v) is 8.02. The minimum absolute atomic E-state index is 0.0878. The molecule has 0 unspecified atom stereocenters. The Balaban J connectivity index is 1.68. The molecular weight excluding hydrogens is 373 g/mol. The van der Waals surface area contributed by atoms with Crippen LogP contribution in [0.1, 0.15) is 15.9 Å². The molecule has 0 radical (unpaired) electrons. The summed E-state index contributed by atoms with van der Waals surface area (Å²) >= 11 is 3.28. The van der Waals surface area contributed by atoms with Crippen LogP contribution in [0.15, 0.2) is 65.4 Å². The number of nitrogens with zero attached hydrogens (tertiary/aromatic N) is 2. The second kappa shape index (κ2) is 7.31. The monoisotopic (exact) mass is 385 g/mol. The molecule has 0 saturated heterocycles. The number of amides is 1. The van der Waals surface area contributed by atoms with E-state index < -0.39 is 0 Å². The van der Waals surface area contributed by atoms with E-state index in [9.17, 15) is 9.18 Å². The number of rotatable bonds is 4. The average molecular weight is 386 g/mol. The van der Waals surface area contributed by atoms with Gasteiger partial charge < -0.3 is 5.32 Å². The summed E-state index contributed by atoms with van der Waals surface area (Å²) in [5.41, 5.74) is 1.60. The summed E-state index contributed by atoms with van der Waals surface area (Å²) in [6, 6.07) is 14.1. The molecule has 3 aromatic rings. The maximum absolute atomic E-state index is 13.7. The molecule has 2 aromatic carbocycles. The van der Waals surface area contributed by atoms with Crippen molar-refractivity contribution in [2.45, 2.75) is 6.54 Å². The highest BCUT2D eigenvalue weighted by Gasteiger charge is 2.10. The molecule has 1 heterocycles. The van der Waals surface area contributed by atoms with Crippen molar-refractivity contribution in [3.8, 4) is 11.4 Å². The summed E-state index contributed by atoms with van der Waals surface area (Å²) in [4.78, 5) is 20.5. The second-order valence-corrected chi connectivity index (χ2v) is 6.00. The zero-order valence-corrected chi connectivity index (χ0v) is 14.1. The zero-order chi connectivity index (χ0) is 16.9. The number of nitrogens with one attached hydrogen (secondary N) is 1. The molecule has 1 amide bonds. The Morgan fingerprint density at radius 2 is 1.79 bits per heavy atom. The Morgan fingerprint density at radius 1 is 1.08 bits per heavy atom. The topological polar surface area (TPSA) is 54.9 Å². The number of halogens is 2. The van der Waals surface area contributed by atoms with Crippen molar-refractivity contribution in [2.24, 2.45) is 0 Å². The van der Waals surface area contributed by atoms with E-state index in [0.29, 0.717) is 17.0 Å². The van der Waals surface area contributed by atoms with E-state index >= 15 is 0 Å². The van der Waals surface area contributed by atoms with E-state index in [2.05, 4.69) is 31.2 Å². The van der Waals surface area contributed by atoms with Gasteiger partial charge in [0.2, 0.25) is 0 Å². The number of carbonyl (C=O) groups is 1. The third kappa shape index (κ3) is 3.83. The number of carbonyl (C=O) groups excluding carboxylic acids is 1. The highest BCUT2D eigenvalue weighted by Crippen LogP contribution is 2.16. The van der Waals surface area contributed by atoms with E-state index in [1.165, 1.54) is 18.5 Å². The molecule has 120 valence electrons. The predicted octanol–water partition coefficient (Wildman–Crippen LogP) is 3.98. The lowest BCUT2D eigenvalue weighted by Gasteiger charge is -2.07. The van der Waals surface area contributed by atoms with Crippen molar-refractivity contribution < 1.29 is 9.18 Å². The maximum Gasteiger partial charge on any atom is 0.254 e. The van der Waals surface area contributed by atoms with Crippen molar-refractivity contribution in [2.75, 3.05) is 0 Å². The highest BCUT2D eigenvalue weighted by molar-refractivity contribution is 9.10. The standard InChI is InChI=1S/C18H13BrFN3O/c19-15-6-7-16(20)13(8-15)9-23-18(24)14-10-21-17(22-11-14)12-4-2-1-3-5-12/h1-8,10-11H,9H2,(H,23,24). The van der Waals surface area contributed by atoms with Gasteiger partial charge in [0.1, 0.15) is 5.82 Å². The Labute approximate surface area is 146 Å². The van der Waals surface area contributed by atoms with Gasteiger partial charge in [-0.3, -0.25) is 4.79 Å². The summed E-state index contributed by atoms with van der Waals surface area (Å²) < 4.78 is 14.4. The van der Waals surface area contributed by atoms with Crippen LogP contribution in [0.4, 0.5) is 4.39 Å². The fourth-order valence-corrected chi connectivity index (χ4v) is 2.55. The Hall–Kier alpha value is -2.60. The fourth-order valence-electron chi connectivity index (χ4n) is 2.14. The second-order valence-electron chi connectivity index (χ2n) is 5.08. The normalized spacial score (nSPS) is 10.4. The molecule has 1 N–H and O–H groups in total. The van der Waals surface area contributed by atoms with Gasteiger partial charge in [-0.05, 0) is 18.2 Å². The van der Waals surface area contributed by atoms with Crippen molar-refractivity contribution in [1.82, 2.24) is 15.3 Å². The molecule has 3 rings (SSSR count). The summed E-state index contributed by atoms with van der Waals surface area (Å²) in [5, 5.41) is 2.66. The number of hydrogen-bond donors (Lipinski definition) is 1. The predicted molar refractivity (Wildman–Crippen MR) is 92.7 cm³/mol. The highest BCUT2D eigenvalue weighted by atomic mass is 79.9. The van der Waals surface area contributed by atoms with Gasteiger partial charge in [0.25, 0.3) is 5.91 Å². The molecule has 0 fully saturated rings. The average Bonchev–Trinajstić information content (AvgIpc) is 2.63. The first kappa shape index (κ1) is 16.3. The van der Waals surface area contributed by atoms with Crippen molar-refractivity contribution in [3.63, 3.8) is 0 Å². The summed E-state index contributed by atoms with van der Waals surface area (Å²) in [7, 11) is 0. The lowest BCUT2D eigenvalue weighted by atomic mass is 10.2. The number of aromatic nitrogens is 2. The third-order valence-corrected chi connectivity index (χ3v) is 3.89. The van der Waals surface area contributed by atoms with Gasteiger partial charge in [0.15, 0.2) is 5.82 Å². The van der Waals surface area contributed by atoms with Crippen LogP contribution in [0.3, 0.4) is 0 Å². The van der Waals surface area contributed by atoms with Crippen LogP contribution in [0.5, 0.6) is 0 Å². The number of benzene rings is 2. The fraction of sp³-hybridized carbons (Fsp3) is 0.0556. The van der Waals surface area contributed by atoms with Gasteiger partial charge in [-0.2, -0.15) is 0 Å². The van der Waals surface area contributed by atoms with Gasteiger partial charge in [-0.25, -0.2) is 14.4 Å². The molecule has 24 heavy (non-hydrogen) atoms. The minimum atomic E-state index is -0.367.